The van der Waals surface area contributed by atoms with Gasteiger partial charge in [-0.25, -0.2) is 0 Å². The van der Waals surface area contributed by atoms with Crippen molar-refractivity contribution in [1.82, 2.24) is 15.1 Å². The maximum Gasteiger partial charge on any atom is 0.241 e. The summed E-state index contributed by atoms with van der Waals surface area (Å²) in [5.41, 5.74) is 1.45. The molecule has 30 heavy (non-hydrogen) atoms. The predicted molar refractivity (Wildman–Crippen MR) is 115 cm³/mol. The van der Waals surface area contributed by atoms with Gasteiger partial charge in [0.15, 0.2) is 0 Å². The number of aromatic nitrogens is 2. The maximum atomic E-state index is 12.4. The minimum atomic E-state index is -0.627. The molecule has 1 amide bonds. The Labute approximate surface area is 178 Å². The first-order valence-electron chi connectivity index (χ1n) is 11.0. The molecule has 5 atom stereocenters. The predicted octanol–water partition coefficient (Wildman–Crippen LogP) is 3.19. The fourth-order valence-corrected chi connectivity index (χ4v) is 5.39. The summed E-state index contributed by atoms with van der Waals surface area (Å²) >= 11 is 0. The van der Waals surface area contributed by atoms with E-state index in [9.17, 15) is 9.90 Å². The minimum Gasteiger partial charge on any atom is -0.390 e. The van der Waals surface area contributed by atoms with Gasteiger partial charge >= 0.3 is 0 Å². The quantitative estimate of drug-likeness (QED) is 0.792. The number of nitrogens with zero attached hydrogens (tertiary/aromatic N) is 2. The van der Waals surface area contributed by atoms with Gasteiger partial charge in [-0.2, -0.15) is 5.10 Å². The minimum absolute atomic E-state index is 0.0327. The zero-order valence-corrected chi connectivity index (χ0v) is 18.2. The monoisotopic (exact) mass is 411 g/mol. The van der Waals surface area contributed by atoms with Crippen molar-refractivity contribution in [2.24, 2.45) is 5.92 Å². The number of carbonyl (C=O) groups excluding carboxylic acids is 1. The Hall–Kier alpha value is -2.18. The van der Waals surface area contributed by atoms with Crippen molar-refractivity contribution in [3.63, 3.8) is 0 Å². The van der Waals surface area contributed by atoms with E-state index in [1.54, 1.807) is 10.9 Å². The summed E-state index contributed by atoms with van der Waals surface area (Å²) in [5.74, 6) is 0.243. The highest BCUT2D eigenvalue weighted by molar-refractivity contribution is 5.75. The van der Waals surface area contributed by atoms with Crippen molar-refractivity contribution in [2.75, 3.05) is 6.54 Å². The first kappa shape index (κ1) is 21.1. The number of amides is 1. The summed E-state index contributed by atoms with van der Waals surface area (Å²) in [6, 6.07) is 10.5. The Morgan fingerprint density at radius 3 is 2.77 bits per heavy atom. The fraction of sp³-hybridized carbons (Fsp3) is 0.583. The van der Waals surface area contributed by atoms with E-state index in [4.69, 9.17) is 4.74 Å². The second-order valence-electron chi connectivity index (χ2n) is 9.64. The number of benzene rings is 1. The van der Waals surface area contributed by atoms with Crippen molar-refractivity contribution in [1.29, 1.82) is 0 Å². The Bertz CT molecular complexity index is 883. The van der Waals surface area contributed by atoms with Crippen LogP contribution in [0.25, 0.3) is 0 Å². The van der Waals surface area contributed by atoms with Gasteiger partial charge in [0, 0.05) is 18.7 Å². The molecule has 4 rings (SSSR count). The Kier molecular flexibility index (Phi) is 5.73. The average molecular weight is 412 g/mol. The molecule has 2 aromatic rings. The summed E-state index contributed by atoms with van der Waals surface area (Å²) in [5, 5.41) is 18.5. The average Bonchev–Trinajstić information content (AvgIpc) is 3.09. The molecule has 0 unspecified atom stereocenters. The van der Waals surface area contributed by atoms with Gasteiger partial charge in [0.2, 0.25) is 5.91 Å². The number of hydrogen-bond donors (Lipinski definition) is 2. The standard InChI is InChI=1S/C24H33N3O3/c1-17-13-26-27(15-17)16-21(28)25-14-19-9-10-23(2)11-20(18-7-5-4-6-8-18)12-24(3,30-23)22(19)29/h4-8,13,15,19-20,22,29H,9-12,14,16H2,1-3H3,(H,25,28)/t19-,20-,22-,23-,24-/m0/s1. The molecule has 162 valence electrons. The van der Waals surface area contributed by atoms with Gasteiger partial charge in [0.1, 0.15) is 6.54 Å². The number of nitrogens with one attached hydrogen (secondary N) is 1. The van der Waals surface area contributed by atoms with Crippen LogP contribution in [0.4, 0.5) is 0 Å². The maximum absolute atomic E-state index is 12.4. The van der Waals surface area contributed by atoms with Crippen LogP contribution in [0.2, 0.25) is 0 Å². The molecule has 2 aliphatic heterocycles. The van der Waals surface area contributed by atoms with Crippen molar-refractivity contribution >= 4 is 5.91 Å². The molecule has 2 bridgehead atoms. The number of hydrogen-bond acceptors (Lipinski definition) is 4. The van der Waals surface area contributed by atoms with E-state index in [-0.39, 0.29) is 24.0 Å². The van der Waals surface area contributed by atoms with E-state index in [0.717, 1.165) is 31.2 Å². The third kappa shape index (κ3) is 4.44. The normalized spacial score (nSPS) is 33.7. The van der Waals surface area contributed by atoms with E-state index in [1.807, 2.05) is 26.1 Å². The van der Waals surface area contributed by atoms with E-state index in [0.29, 0.717) is 12.5 Å². The van der Waals surface area contributed by atoms with E-state index < -0.39 is 11.7 Å². The van der Waals surface area contributed by atoms with Crippen LogP contribution in [-0.4, -0.2) is 44.6 Å². The fourth-order valence-electron chi connectivity index (χ4n) is 5.39. The second-order valence-corrected chi connectivity index (χ2v) is 9.64. The molecule has 0 spiro atoms. The number of ether oxygens (including phenoxy) is 1. The van der Waals surface area contributed by atoms with E-state index in [1.165, 1.54) is 5.56 Å². The Morgan fingerprint density at radius 2 is 2.07 bits per heavy atom. The molecule has 3 heterocycles. The highest BCUT2D eigenvalue weighted by Crippen LogP contribution is 2.50. The number of aliphatic hydroxyl groups is 1. The molecule has 6 nitrogen and oxygen atoms in total. The molecular formula is C24H33N3O3. The molecule has 1 aromatic carbocycles. The first-order chi connectivity index (χ1) is 14.3. The smallest absolute Gasteiger partial charge is 0.241 e. The molecule has 0 aliphatic carbocycles. The summed E-state index contributed by atoms with van der Waals surface area (Å²) in [6.45, 7) is 6.81. The third-order valence-corrected chi connectivity index (χ3v) is 6.83. The van der Waals surface area contributed by atoms with Crippen molar-refractivity contribution < 1.29 is 14.6 Å². The van der Waals surface area contributed by atoms with E-state index >= 15 is 0 Å². The lowest BCUT2D eigenvalue weighted by Gasteiger charge is -2.49. The molecule has 2 N–H and O–H groups in total. The largest absolute Gasteiger partial charge is 0.390 e. The van der Waals surface area contributed by atoms with Gasteiger partial charge in [-0.05, 0) is 63.5 Å². The summed E-state index contributed by atoms with van der Waals surface area (Å²) in [7, 11) is 0. The molecule has 0 saturated carbocycles. The topological polar surface area (TPSA) is 76.4 Å². The zero-order chi connectivity index (χ0) is 21.4. The van der Waals surface area contributed by atoms with E-state index in [2.05, 4.69) is 41.6 Å². The first-order valence-corrected chi connectivity index (χ1v) is 11.0. The van der Waals surface area contributed by atoms with Gasteiger partial charge < -0.3 is 15.2 Å². The number of rotatable bonds is 5. The Morgan fingerprint density at radius 1 is 1.30 bits per heavy atom. The van der Waals surface area contributed by atoms with Crippen LogP contribution >= 0.6 is 0 Å². The van der Waals surface area contributed by atoms with Crippen LogP contribution in [0, 0.1) is 12.8 Å². The third-order valence-electron chi connectivity index (χ3n) is 6.83. The van der Waals surface area contributed by atoms with Gasteiger partial charge in [-0.15, -0.1) is 0 Å². The van der Waals surface area contributed by atoms with Crippen molar-refractivity contribution in [3.8, 4) is 0 Å². The van der Waals surface area contributed by atoms with Gasteiger partial charge in [-0.3, -0.25) is 9.48 Å². The van der Waals surface area contributed by atoms with Crippen LogP contribution in [0.3, 0.4) is 0 Å². The lowest BCUT2D eigenvalue weighted by atomic mass is 9.74. The van der Waals surface area contributed by atoms with Crippen LogP contribution in [0.15, 0.2) is 42.7 Å². The molecule has 1 aromatic heterocycles. The summed E-state index contributed by atoms with van der Waals surface area (Å²) < 4.78 is 8.18. The lowest BCUT2D eigenvalue weighted by molar-refractivity contribution is -0.215. The highest BCUT2D eigenvalue weighted by Gasteiger charge is 2.52. The van der Waals surface area contributed by atoms with Crippen molar-refractivity contribution in [2.45, 2.75) is 76.2 Å². The number of fused-ring (bicyclic) bond motifs is 2. The van der Waals surface area contributed by atoms with Gasteiger partial charge in [0.05, 0.1) is 23.5 Å². The lowest BCUT2D eigenvalue weighted by Crippen LogP contribution is -2.54. The molecule has 6 heteroatoms. The molecule has 2 aliphatic rings. The number of aryl methyl sites for hydroxylation is 1. The molecule has 0 radical (unpaired) electrons. The van der Waals surface area contributed by atoms with Gasteiger partial charge in [0.25, 0.3) is 0 Å². The highest BCUT2D eigenvalue weighted by atomic mass is 16.5. The van der Waals surface area contributed by atoms with Crippen LogP contribution in [0.1, 0.15) is 56.6 Å². The number of carbonyl (C=O) groups is 1. The molecule has 2 saturated heterocycles. The molecular weight excluding hydrogens is 378 g/mol. The van der Waals surface area contributed by atoms with Crippen molar-refractivity contribution in [3.05, 3.63) is 53.9 Å². The number of aliphatic hydroxyl groups excluding tert-OH is 1. The SMILES string of the molecule is Cc1cnn(CC(=O)NC[C@@H]2CC[C@@]3(C)C[C@H](c4ccccc4)C[C@](C)(O3)[C@H]2O)c1. The van der Waals surface area contributed by atoms with Crippen LogP contribution < -0.4 is 5.32 Å². The zero-order valence-electron chi connectivity index (χ0n) is 18.2. The second kappa shape index (κ2) is 8.16. The Balaban J connectivity index is 1.44. The van der Waals surface area contributed by atoms with Crippen LogP contribution in [-0.2, 0) is 16.1 Å². The van der Waals surface area contributed by atoms with Crippen LogP contribution in [0.5, 0.6) is 0 Å². The summed E-state index contributed by atoms with van der Waals surface area (Å²) in [6.07, 6.45) is 6.41. The summed E-state index contributed by atoms with van der Waals surface area (Å²) in [4.78, 5) is 12.4. The van der Waals surface area contributed by atoms with Gasteiger partial charge in [-0.1, -0.05) is 30.3 Å². The molecule has 2 fully saturated rings.